The number of sulfonamides is 1. The first-order valence-electron chi connectivity index (χ1n) is 7.97. The summed E-state index contributed by atoms with van der Waals surface area (Å²) in [7, 11) is -3.80. The molecule has 0 bridgehead atoms. The summed E-state index contributed by atoms with van der Waals surface area (Å²) in [5.74, 6) is 0.103. The van der Waals surface area contributed by atoms with E-state index in [2.05, 4.69) is 25.3 Å². The molecule has 0 spiro atoms. The average Bonchev–Trinajstić information content (AvgIpc) is 2.64. The van der Waals surface area contributed by atoms with E-state index in [9.17, 15) is 13.2 Å². The van der Waals surface area contributed by atoms with Crippen LogP contribution in [-0.2, 0) is 14.8 Å². The number of benzene rings is 2. The van der Waals surface area contributed by atoms with Crippen molar-refractivity contribution in [1.82, 2.24) is 9.97 Å². The van der Waals surface area contributed by atoms with Gasteiger partial charge in [0.25, 0.3) is 10.0 Å². The van der Waals surface area contributed by atoms with Crippen molar-refractivity contribution in [2.45, 2.75) is 11.8 Å². The molecule has 27 heavy (non-hydrogen) atoms. The Morgan fingerprint density at radius 3 is 2.26 bits per heavy atom. The second kappa shape index (κ2) is 7.83. The SMILES string of the molecule is CC(=O)Nc1cccc(Nc2nccnc2NS(=O)(=O)c2ccccc2)c1. The lowest BCUT2D eigenvalue weighted by Gasteiger charge is -2.13. The van der Waals surface area contributed by atoms with Gasteiger partial charge >= 0.3 is 0 Å². The third kappa shape index (κ3) is 4.79. The van der Waals surface area contributed by atoms with Gasteiger partial charge in [0.05, 0.1) is 4.90 Å². The van der Waals surface area contributed by atoms with Crippen molar-refractivity contribution in [1.29, 1.82) is 0 Å². The number of carbonyl (C=O) groups excluding carboxylic acids is 1. The Morgan fingerprint density at radius 1 is 0.889 bits per heavy atom. The lowest BCUT2D eigenvalue weighted by Crippen LogP contribution is -2.15. The second-order valence-electron chi connectivity index (χ2n) is 5.56. The first kappa shape index (κ1) is 18.3. The molecule has 0 radical (unpaired) electrons. The summed E-state index contributed by atoms with van der Waals surface area (Å²) in [5.41, 5.74) is 1.21. The van der Waals surface area contributed by atoms with E-state index in [-0.39, 0.29) is 22.4 Å². The maximum absolute atomic E-state index is 12.5. The Morgan fingerprint density at radius 2 is 1.56 bits per heavy atom. The molecule has 1 heterocycles. The smallest absolute Gasteiger partial charge is 0.263 e. The van der Waals surface area contributed by atoms with Crippen LogP contribution in [-0.4, -0.2) is 24.3 Å². The summed E-state index contributed by atoms with van der Waals surface area (Å²) in [6.07, 6.45) is 2.84. The second-order valence-corrected chi connectivity index (χ2v) is 7.24. The minimum Gasteiger partial charge on any atom is -0.337 e. The van der Waals surface area contributed by atoms with Crippen molar-refractivity contribution < 1.29 is 13.2 Å². The Balaban J connectivity index is 1.86. The molecular weight excluding hydrogens is 366 g/mol. The number of hydrogen-bond acceptors (Lipinski definition) is 6. The molecule has 0 atom stereocenters. The van der Waals surface area contributed by atoms with Crippen molar-refractivity contribution >= 4 is 38.9 Å². The molecule has 8 nitrogen and oxygen atoms in total. The predicted molar refractivity (Wildman–Crippen MR) is 103 cm³/mol. The van der Waals surface area contributed by atoms with Gasteiger partial charge in [0, 0.05) is 30.7 Å². The van der Waals surface area contributed by atoms with Crippen LogP contribution in [0.5, 0.6) is 0 Å². The number of nitrogens with one attached hydrogen (secondary N) is 3. The van der Waals surface area contributed by atoms with Gasteiger partial charge < -0.3 is 10.6 Å². The molecule has 0 saturated carbocycles. The molecule has 0 aliphatic heterocycles. The van der Waals surface area contributed by atoms with Gasteiger partial charge in [-0.3, -0.25) is 9.52 Å². The molecule has 2 aromatic carbocycles. The van der Waals surface area contributed by atoms with Crippen molar-refractivity contribution in [3.63, 3.8) is 0 Å². The molecule has 1 aromatic heterocycles. The maximum atomic E-state index is 12.5. The molecule has 0 aliphatic carbocycles. The highest BCUT2D eigenvalue weighted by molar-refractivity contribution is 7.92. The van der Waals surface area contributed by atoms with E-state index in [4.69, 9.17) is 0 Å². The number of rotatable bonds is 6. The predicted octanol–water partition coefficient (Wildman–Crippen LogP) is 2.98. The Hall–Kier alpha value is -3.46. The van der Waals surface area contributed by atoms with Gasteiger partial charge in [-0.15, -0.1) is 0 Å². The zero-order valence-corrected chi connectivity index (χ0v) is 15.2. The fourth-order valence-corrected chi connectivity index (χ4v) is 3.34. The first-order valence-corrected chi connectivity index (χ1v) is 9.46. The van der Waals surface area contributed by atoms with Crippen LogP contribution in [0.1, 0.15) is 6.92 Å². The molecule has 138 valence electrons. The van der Waals surface area contributed by atoms with Crippen LogP contribution >= 0.6 is 0 Å². The van der Waals surface area contributed by atoms with E-state index >= 15 is 0 Å². The van der Waals surface area contributed by atoms with E-state index in [0.29, 0.717) is 11.4 Å². The van der Waals surface area contributed by atoms with Crippen LogP contribution < -0.4 is 15.4 Å². The summed E-state index contributed by atoms with van der Waals surface area (Å²) in [6, 6.07) is 14.9. The van der Waals surface area contributed by atoms with Crippen LogP contribution in [0.3, 0.4) is 0 Å². The quantitative estimate of drug-likeness (QED) is 0.603. The van der Waals surface area contributed by atoms with Crippen LogP contribution in [0.15, 0.2) is 71.9 Å². The van der Waals surface area contributed by atoms with Crippen molar-refractivity contribution in [2.24, 2.45) is 0 Å². The number of aromatic nitrogens is 2. The molecule has 0 unspecified atom stereocenters. The lowest BCUT2D eigenvalue weighted by molar-refractivity contribution is -0.114. The largest absolute Gasteiger partial charge is 0.337 e. The first-order chi connectivity index (χ1) is 12.9. The number of nitrogens with zero attached hydrogens (tertiary/aromatic N) is 2. The third-order valence-electron chi connectivity index (χ3n) is 3.43. The van der Waals surface area contributed by atoms with E-state index in [1.807, 2.05) is 0 Å². The van der Waals surface area contributed by atoms with Crippen molar-refractivity contribution in [3.8, 4) is 0 Å². The van der Waals surface area contributed by atoms with Gasteiger partial charge in [0.2, 0.25) is 5.91 Å². The van der Waals surface area contributed by atoms with E-state index in [0.717, 1.165) is 0 Å². The number of amides is 1. The zero-order valence-electron chi connectivity index (χ0n) is 14.4. The van der Waals surface area contributed by atoms with E-state index < -0.39 is 10.0 Å². The number of anilines is 4. The average molecular weight is 383 g/mol. The maximum Gasteiger partial charge on any atom is 0.263 e. The molecule has 3 aromatic rings. The summed E-state index contributed by atoms with van der Waals surface area (Å²) in [6.45, 7) is 1.42. The standard InChI is InChI=1S/C18H17N5O3S/c1-13(24)21-14-6-5-7-15(12-14)22-17-18(20-11-10-19-17)23-27(25,26)16-8-3-2-4-9-16/h2-12H,1H3,(H,19,22)(H,20,23)(H,21,24). The molecule has 9 heteroatoms. The van der Waals surface area contributed by atoms with Crippen LogP contribution in [0.4, 0.5) is 23.0 Å². The van der Waals surface area contributed by atoms with Gasteiger partial charge in [-0.2, -0.15) is 0 Å². The normalized spacial score (nSPS) is 10.9. The summed E-state index contributed by atoms with van der Waals surface area (Å²) < 4.78 is 27.5. The topological polar surface area (TPSA) is 113 Å². The number of carbonyl (C=O) groups is 1. The monoisotopic (exact) mass is 383 g/mol. The minimum atomic E-state index is -3.80. The summed E-state index contributed by atoms with van der Waals surface area (Å²) in [4.78, 5) is 19.5. The molecule has 0 aliphatic rings. The van der Waals surface area contributed by atoms with Gasteiger partial charge in [-0.05, 0) is 30.3 Å². The minimum absolute atomic E-state index is 0.0614. The lowest BCUT2D eigenvalue weighted by atomic mass is 10.2. The molecule has 0 saturated heterocycles. The van der Waals surface area contributed by atoms with Crippen molar-refractivity contribution in [2.75, 3.05) is 15.4 Å². The zero-order chi connectivity index (χ0) is 19.3. The highest BCUT2D eigenvalue weighted by Gasteiger charge is 2.17. The van der Waals surface area contributed by atoms with Gasteiger partial charge in [0.1, 0.15) is 0 Å². The molecule has 0 fully saturated rings. The molecule has 1 amide bonds. The summed E-state index contributed by atoms with van der Waals surface area (Å²) in [5, 5.41) is 5.69. The van der Waals surface area contributed by atoms with Crippen molar-refractivity contribution in [3.05, 3.63) is 67.0 Å². The van der Waals surface area contributed by atoms with Gasteiger partial charge in [-0.25, -0.2) is 18.4 Å². The fraction of sp³-hybridized carbons (Fsp3) is 0.0556. The molecular formula is C18H17N5O3S. The third-order valence-corrected chi connectivity index (χ3v) is 4.78. The van der Waals surface area contributed by atoms with E-state index in [1.54, 1.807) is 42.5 Å². The Bertz CT molecular complexity index is 1060. The van der Waals surface area contributed by atoms with Crippen LogP contribution in [0, 0.1) is 0 Å². The Labute approximate surface area is 156 Å². The fourth-order valence-electron chi connectivity index (χ4n) is 2.30. The van der Waals surface area contributed by atoms with Gasteiger partial charge in [-0.1, -0.05) is 24.3 Å². The van der Waals surface area contributed by atoms with Crippen LogP contribution in [0.25, 0.3) is 0 Å². The van der Waals surface area contributed by atoms with Gasteiger partial charge in [0.15, 0.2) is 11.6 Å². The molecule has 3 N–H and O–H groups in total. The number of hydrogen-bond donors (Lipinski definition) is 3. The van der Waals surface area contributed by atoms with E-state index in [1.165, 1.54) is 31.5 Å². The summed E-state index contributed by atoms with van der Waals surface area (Å²) >= 11 is 0. The highest BCUT2D eigenvalue weighted by Crippen LogP contribution is 2.25. The highest BCUT2D eigenvalue weighted by atomic mass is 32.2. The Kier molecular flexibility index (Phi) is 5.32. The van der Waals surface area contributed by atoms with Crippen LogP contribution in [0.2, 0.25) is 0 Å². The molecule has 3 rings (SSSR count).